The van der Waals surface area contributed by atoms with E-state index in [2.05, 4.69) is 15.7 Å². The first-order valence-electron chi connectivity index (χ1n) is 8.88. The summed E-state index contributed by atoms with van der Waals surface area (Å²) < 4.78 is 40.4. The number of nitrogens with one attached hydrogen (secondary N) is 2. The molecule has 9 heteroatoms. The van der Waals surface area contributed by atoms with Gasteiger partial charge in [0.15, 0.2) is 0 Å². The van der Waals surface area contributed by atoms with Crippen molar-refractivity contribution in [1.29, 1.82) is 0 Å². The van der Waals surface area contributed by atoms with Gasteiger partial charge in [-0.05, 0) is 30.7 Å². The van der Waals surface area contributed by atoms with Crippen LogP contribution in [0.3, 0.4) is 0 Å². The Bertz CT molecular complexity index is 607. The summed E-state index contributed by atoms with van der Waals surface area (Å²) in [5.74, 6) is -1.53. The fraction of sp³-hybridized carbons (Fsp3) is 0.765. The highest BCUT2D eigenvalue weighted by atomic mass is 35.5. The van der Waals surface area contributed by atoms with E-state index in [-0.39, 0.29) is 48.9 Å². The lowest BCUT2D eigenvalue weighted by atomic mass is 9.81. The summed E-state index contributed by atoms with van der Waals surface area (Å²) in [7, 11) is 1.83. The smallest absolute Gasteiger partial charge is 0.356 e. The molecule has 26 heavy (non-hydrogen) atoms. The Labute approximate surface area is 157 Å². The van der Waals surface area contributed by atoms with Gasteiger partial charge in [-0.25, -0.2) is 0 Å². The highest BCUT2D eigenvalue weighted by molar-refractivity contribution is 5.85. The number of halogens is 4. The molecule has 4 atom stereocenters. The Morgan fingerprint density at radius 1 is 1.38 bits per heavy atom. The molecule has 3 rings (SSSR count). The van der Waals surface area contributed by atoms with Crippen molar-refractivity contribution in [2.24, 2.45) is 24.8 Å². The van der Waals surface area contributed by atoms with Crippen LogP contribution in [-0.2, 0) is 11.8 Å². The summed E-state index contributed by atoms with van der Waals surface area (Å²) in [6.07, 6.45) is 1.22. The predicted molar refractivity (Wildman–Crippen MR) is 94.1 cm³/mol. The molecule has 1 aromatic heterocycles. The number of alkyl halides is 3. The summed E-state index contributed by atoms with van der Waals surface area (Å²) >= 11 is 0. The fourth-order valence-electron chi connectivity index (χ4n) is 4.09. The second-order valence-corrected chi connectivity index (χ2v) is 7.33. The third kappa shape index (κ3) is 4.91. The minimum Gasteiger partial charge on any atom is -0.356 e. The van der Waals surface area contributed by atoms with Crippen LogP contribution in [0.1, 0.15) is 37.2 Å². The average molecular weight is 395 g/mol. The van der Waals surface area contributed by atoms with E-state index in [1.807, 2.05) is 13.2 Å². The van der Waals surface area contributed by atoms with Crippen LogP contribution in [0.15, 0.2) is 12.4 Å². The van der Waals surface area contributed by atoms with Crippen LogP contribution in [0.4, 0.5) is 13.2 Å². The summed E-state index contributed by atoms with van der Waals surface area (Å²) in [5, 5.41) is 10.3. The van der Waals surface area contributed by atoms with Gasteiger partial charge in [-0.15, -0.1) is 12.4 Å². The standard InChI is InChI=1S/C17H25F3N4O.ClH/c1-24-10-12(7-23-24)14-8-21-9-15(14)16(25)22-6-11-3-2-4-13(5-11)17(18,19)20;/h7,10-11,13-15,21H,2-6,8-9H2,1H3,(H,22,25);1H/t11?,13?,14-,15+;/m1./s1. The highest BCUT2D eigenvalue weighted by Crippen LogP contribution is 2.39. The number of nitrogens with zero attached hydrogens (tertiary/aromatic N) is 2. The Kier molecular flexibility index (Phi) is 6.96. The van der Waals surface area contributed by atoms with E-state index in [9.17, 15) is 18.0 Å². The largest absolute Gasteiger partial charge is 0.391 e. The fourth-order valence-corrected chi connectivity index (χ4v) is 4.09. The number of carbonyl (C=O) groups is 1. The van der Waals surface area contributed by atoms with Crippen LogP contribution < -0.4 is 10.6 Å². The van der Waals surface area contributed by atoms with Crippen molar-refractivity contribution in [2.75, 3.05) is 19.6 Å². The Hall–Kier alpha value is -1.28. The summed E-state index contributed by atoms with van der Waals surface area (Å²) in [5.41, 5.74) is 1.02. The SMILES string of the molecule is Cl.Cn1cc([C@H]2CNC[C@@H]2C(=O)NCC2CCCC(C(F)(F)F)C2)cn1. The molecule has 148 valence electrons. The Morgan fingerprint density at radius 3 is 2.81 bits per heavy atom. The van der Waals surface area contributed by atoms with E-state index in [4.69, 9.17) is 0 Å². The van der Waals surface area contributed by atoms with Crippen LogP contribution >= 0.6 is 12.4 Å². The zero-order valence-electron chi connectivity index (χ0n) is 14.8. The number of amides is 1. The number of rotatable bonds is 4. The van der Waals surface area contributed by atoms with E-state index < -0.39 is 12.1 Å². The van der Waals surface area contributed by atoms with Crippen LogP contribution in [0, 0.1) is 17.8 Å². The van der Waals surface area contributed by atoms with Crippen molar-refractivity contribution in [3.05, 3.63) is 18.0 Å². The second-order valence-electron chi connectivity index (χ2n) is 7.33. The molecule has 1 saturated carbocycles. The summed E-state index contributed by atoms with van der Waals surface area (Å²) in [6, 6.07) is 0. The zero-order chi connectivity index (χ0) is 18.0. The molecule has 0 radical (unpaired) electrons. The predicted octanol–water partition coefficient (Wildman–Crippen LogP) is 2.63. The van der Waals surface area contributed by atoms with Gasteiger partial charge >= 0.3 is 6.18 Å². The van der Waals surface area contributed by atoms with E-state index in [1.165, 1.54) is 0 Å². The maximum absolute atomic E-state index is 12.9. The molecule has 2 aliphatic rings. The lowest BCUT2D eigenvalue weighted by Crippen LogP contribution is -2.39. The first-order valence-corrected chi connectivity index (χ1v) is 8.88. The molecule has 1 aliphatic carbocycles. The topological polar surface area (TPSA) is 59.0 Å². The quantitative estimate of drug-likeness (QED) is 0.825. The molecule has 2 unspecified atom stereocenters. The number of aromatic nitrogens is 2. The third-order valence-corrected chi connectivity index (χ3v) is 5.51. The maximum Gasteiger partial charge on any atom is 0.391 e. The van der Waals surface area contributed by atoms with Gasteiger partial charge in [0.1, 0.15) is 0 Å². The van der Waals surface area contributed by atoms with Gasteiger partial charge in [0.25, 0.3) is 0 Å². The van der Waals surface area contributed by atoms with Crippen molar-refractivity contribution in [3.63, 3.8) is 0 Å². The molecule has 0 spiro atoms. The number of aryl methyl sites for hydroxylation is 1. The highest BCUT2D eigenvalue weighted by Gasteiger charge is 2.42. The number of carbonyl (C=O) groups excluding carboxylic acids is 1. The lowest BCUT2D eigenvalue weighted by Gasteiger charge is -2.31. The van der Waals surface area contributed by atoms with Crippen molar-refractivity contribution in [2.45, 2.75) is 37.8 Å². The molecule has 2 heterocycles. The number of hydrogen-bond donors (Lipinski definition) is 2. The van der Waals surface area contributed by atoms with Crippen molar-refractivity contribution < 1.29 is 18.0 Å². The van der Waals surface area contributed by atoms with E-state index >= 15 is 0 Å². The lowest BCUT2D eigenvalue weighted by molar-refractivity contribution is -0.185. The molecule has 0 aromatic carbocycles. The summed E-state index contributed by atoms with van der Waals surface area (Å²) in [4.78, 5) is 12.6. The first kappa shape index (κ1) is 21.0. The van der Waals surface area contributed by atoms with Crippen LogP contribution in [0.2, 0.25) is 0 Å². The van der Waals surface area contributed by atoms with Crippen molar-refractivity contribution >= 4 is 18.3 Å². The normalized spacial score (nSPS) is 29.2. The molecular formula is C17H26ClF3N4O. The molecule has 1 saturated heterocycles. The van der Waals surface area contributed by atoms with Crippen molar-refractivity contribution in [1.82, 2.24) is 20.4 Å². The van der Waals surface area contributed by atoms with Crippen LogP contribution in [0.5, 0.6) is 0 Å². The minimum absolute atomic E-state index is 0. The van der Waals surface area contributed by atoms with Gasteiger partial charge in [-0.2, -0.15) is 18.3 Å². The molecule has 1 amide bonds. The third-order valence-electron chi connectivity index (χ3n) is 5.51. The molecule has 0 bridgehead atoms. The molecule has 1 aromatic rings. The molecule has 1 aliphatic heterocycles. The van der Waals surface area contributed by atoms with Gasteiger partial charge in [-0.1, -0.05) is 6.42 Å². The van der Waals surface area contributed by atoms with E-state index in [1.54, 1.807) is 10.9 Å². The van der Waals surface area contributed by atoms with Gasteiger partial charge in [-0.3, -0.25) is 9.48 Å². The number of hydrogen-bond acceptors (Lipinski definition) is 3. The molecule has 5 nitrogen and oxygen atoms in total. The minimum atomic E-state index is -4.12. The van der Waals surface area contributed by atoms with Gasteiger partial charge < -0.3 is 10.6 Å². The Morgan fingerprint density at radius 2 is 2.15 bits per heavy atom. The molecule has 2 fully saturated rings. The summed E-state index contributed by atoms with van der Waals surface area (Å²) in [6.45, 7) is 1.63. The van der Waals surface area contributed by atoms with Crippen LogP contribution in [-0.4, -0.2) is 41.5 Å². The van der Waals surface area contributed by atoms with E-state index in [0.717, 1.165) is 12.0 Å². The average Bonchev–Trinajstić information content (AvgIpc) is 3.20. The second kappa shape index (κ2) is 8.61. The maximum atomic E-state index is 12.9. The molecule has 2 N–H and O–H groups in total. The zero-order valence-corrected chi connectivity index (χ0v) is 15.6. The van der Waals surface area contributed by atoms with Gasteiger partial charge in [0.05, 0.1) is 18.0 Å². The first-order chi connectivity index (χ1) is 11.8. The van der Waals surface area contributed by atoms with Crippen molar-refractivity contribution in [3.8, 4) is 0 Å². The Balaban J connectivity index is 0.00000243. The van der Waals surface area contributed by atoms with Gasteiger partial charge in [0, 0.05) is 38.8 Å². The van der Waals surface area contributed by atoms with Crippen LogP contribution in [0.25, 0.3) is 0 Å². The monoisotopic (exact) mass is 394 g/mol. The van der Waals surface area contributed by atoms with E-state index in [0.29, 0.717) is 26.1 Å². The van der Waals surface area contributed by atoms with Gasteiger partial charge in [0.2, 0.25) is 5.91 Å². The molecular weight excluding hydrogens is 369 g/mol.